The van der Waals surface area contributed by atoms with Crippen LogP contribution in [0.5, 0.6) is 0 Å². The van der Waals surface area contributed by atoms with Crippen molar-refractivity contribution >= 4 is 17.3 Å². The van der Waals surface area contributed by atoms with E-state index in [1.165, 1.54) is 0 Å². The van der Waals surface area contributed by atoms with Gasteiger partial charge in [0.05, 0.1) is 5.56 Å². The molecular weight excluding hydrogens is 226 g/mol. The Morgan fingerprint density at radius 1 is 1.22 bits per heavy atom. The maximum atomic E-state index is 12.4. The number of pyridine rings is 1. The Morgan fingerprint density at radius 3 is 2.61 bits per heavy atom. The molecule has 4 nitrogen and oxygen atoms in total. The Hall–Kier alpha value is -2.36. The van der Waals surface area contributed by atoms with Gasteiger partial charge in [0.2, 0.25) is 0 Å². The van der Waals surface area contributed by atoms with E-state index in [1.54, 1.807) is 37.5 Å². The van der Waals surface area contributed by atoms with Crippen molar-refractivity contribution in [3.8, 4) is 0 Å². The van der Waals surface area contributed by atoms with Gasteiger partial charge in [-0.25, -0.2) is 0 Å². The fourth-order valence-corrected chi connectivity index (χ4v) is 1.73. The predicted octanol–water partition coefficient (Wildman–Crippen LogP) is 2.40. The normalized spacial score (nSPS) is 9.89. The van der Waals surface area contributed by atoms with Crippen LogP contribution in [0.3, 0.4) is 0 Å². The van der Waals surface area contributed by atoms with Gasteiger partial charge >= 0.3 is 0 Å². The molecule has 1 aromatic heterocycles. The summed E-state index contributed by atoms with van der Waals surface area (Å²) >= 11 is 0. The van der Waals surface area contributed by atoms with Gasteiger partial charge in [-0.1, -0.05) is 18.2 Å². The first-order chi connectivity index (χ1) is 8.74. The van der Waals surface area contributed by atoms with Crippen LogP contribution in [0.25, 0.3) is 0 Å². The third-order valence-corrected chi connectivity index (χ3v) is 2.77. The molecule has 1 amide bonds. The van der Waals surface area contributed by atoms with Gasteiger partial charge in [-0.05, 0) is 18.2 Å². The second-order valence-electron chi connectivity index (χ2n) is 3.87. The molecule has 0 unspecified atom stereocenters. The third-order valence-electron chi connectivity index (χ3n) is 2.77. The summed E-state index contributed by atoms with van der Waals surface area (Å²) < 4.78 is 0. The summed E-state index contributed by atoms with van der Waals surface area (Å²) in [7, 11) is 3.54. The summed E-state index contributed by atoms with van der Waals surface area (Å²) in [6.07, 6.45) is 3.23. The number of nitrogens with zero attached hydrogens (tertiary/aromatic N) is 2. The lowest BCUT2D eigenvalue weighted by Gasteiger charge is -2.18. The smallest absolute Gasteiger partial charge is 0.261 e. The number of nitrogens with one attached hydrogen (secondary N) is 1. The molecule has 0 radical (unpaired) electrons. The van der Waals surface area contributed by atoms with Crippen LogP contribution >= 0.6 is 0 Å². The summed E-state index contributed by atoms with van der Waals surface area (Å²) in [4.78, 5) is 18.0. The summed E-state index contributed by atoms with van der Waals surface area (Å²) in [5.41, 5.74) is 2.19. The minimum atomic E-state index is -0.0846. The highest BCUT2D eigenvalue weighted by Gasteiger charge is 2.16. The Bertz CT molecular complexity index is 540. The van der Waals surface area contributed by atoms with Crippen molar-refractivity contribution in [1.29, 1.82) is 0 Å². The van der Waals surface area contributed by atoms with E-state index in [2.05, 4.69) is 10.3 Å². The third kappa shape index (κ3) is 2.32. The molecule has 0 bridgehead atoms. The van der Waals surface area contributed by atoms with Crippen molar-refractivity contribution in [3.05, 3.63) is 54.4 Å². The highest BCUT2D eigenvalue weighted by atomic mass is 16.2. The zero-order chi connectivity index (χ0) is 13.0. The summed E-state index contributed by atoms with van der Waals surface area (Å²) in [5, 5.41) is 3.00. The molecule has 1 heterocycles. The molecule has 4 heteroatoms. The van der Waals surface area contributed by atoms with Gasteiger partial charge in [-0.2, -0.15) is 0 Å². The van der Waals surface area contributed by atoms with Crippen molar-refractivity contribution < 1.29 is 4.79 Å². The number of amides is 1. The standard InChI is InChI=1S/C14H15N3O/c1-15-13-8-9-16-10-12(13)14(18)17(2)11-6-4-3-5-7-11/h3-10H,1-2H3,(H,15,16). The highest BCUT2D eigenvalue weighted by molar-refractivity contribution is 6.09. The first-order valence-corrected chi connectivity index (χ1v) is 5.69. The van der Waals surface area contributed by atoms with Crippen LogP contribution in [0, 0.1) is 0 Å². The molecule has 92 valence electrons. The molecule has 2 aromatic rings. The number of carbonyl (C=O) groups excluding carboxylic acids is 1. The van der Waals surface area contributed by atoms with Crippen molar-refractivity contribution in [2.75, 3.05) is 24.3 Å². The second-order valence-corrected chi connectivity index (χ2v) is 3.87. The van der Waals surface area contributed by atoms with Gasteiger partial charge in [0.1, 0.15) is 0 Å². The first-order valence-electron chi connectivity index (χ1n) is 5.69. The monoisotopic (exact) mass is 241 g/mol. The van der Waals surface area contributed by atoms with E-state index in [9.17, 15) is 4.79 Å². The van der Waals surface area contributed by atoms with Gasteiger partial charge in [-0.3, -0.25) is 9.78 Å². The molecule has 1 aromatic carbocycles. The number of hydrogen-bond acceptors (Lipinski definition) is 3. The van der Waals surface area contributed by atoms with Gasteiger partial charge in [0.25, 0.3) is 5.91 Å². The van der Waals surface area contributed by atoms with Gasteiger partial charge in [0.15, 0.2) is 0 Å². The van der Waals surface area contributed by atoms with Crippen LogP contribution in [0.2, 0.25) is 0 Å². The van der Waals surface area contributed by atoms with Crippen LogP contribution in [0.15, 0.2) is 48.8 Å². The summed E-state index contributed by atoms with van der Waals surface area (Å²) in [6.45, 7) is 0. The quantitative estimate of drug-likeness (QED) is 0.897. The highest BCUT2D eigenvalue weighted by Crippen LogP contribution is 2.19. The maximum Gasteiger partial charge on any atom is 0.261 e. The number of aromatic nitrogens is 1. The molecule has 0 atom stereocenters. The van der Waals surface area contributed by atoms with Crippen LogP contribution < -0.4 is 10.2 Å². The minimum absolute atomic E-state index is 0.0846. The molecule has 0 saturated heterocycles. The second kappa shape index (κ2) is 5.31. The lowest BCUT2D eigenvalue weighted by atomic mass is 10.2. The Morgan fingerprint density at radius 2 is 1.94 bits per heavy atom. The average molecular weight is 241 g/mol. The van der Waals surface area contributed by atoms with E-state index < -0.39 is 0 Å². The largest absolute Gasteiger partial charge is 0.387 e. The Kier molecular flexibility index (Phi) is 3.57. The molecule has 0 fully saturated rings. The molecule has 18 heavy (non-hydrogen) atoms. The van der Waals surface area contributed by atoms with E-state index in [1.807, 2.05) is 30.3 Å². The number of benzene rings is 1. The number of rotatable bonds is 3. The van der Waals surface area contributed by atoms with Gasteiger partial charge in [0, 0.05) is 37.9 Å². The van der Waals surface area contributed by atoms with E-state index in [0.717, 1.165) is 11.4 Å². The first kappa shape index (κ1) is 12.1. The van der Waals surface area contributed by atoms with Crippen LogP contribution in [0.4, 0.5) is 11.4 Å². The van der Waals surface area contributed by atoms with E-state index in [0.29, 0.717) is 5.56 Å². The van der Waals surface area contributed by atoms with E-state index in [4.69, 9.17) is 0 Å². The van der Waals surface area contributed by atoms with Crippen LogP contribution in [0.1, 0.15) is 10.4 Å². The minimum Gasteiger partial charge on any atom is -0.387 e. The lowest BCUT2D eigenvalue weighted by molar-refractivity contribution is 0.0993. The molecule has 2 rings (SSSR count). The zero-order valence-corrected chi connectivity index (χ0v) is 10.4. The van der Waals surface area contributed by atoms with Crippen LogP contribution in [-0.2, 0) is 0 Å². The topological polar surface area (TPSA) is 45.2 Å². The number of carbonyl (C=O) groups is 1. The summed E-state index contributed by atoms with van der Waals surface area (Å²) in [6, 6.07) is 11.3. The molecule has 0 saturated carbocycles. The Labute approximate surface area is 106 Å². The summed E-state index contributed by atoms with van der Waals surface area (Å²) in [5.74, 6) is -0.0846. The average Bonchev–Trinajstić information content (AvgIpc) is 2.46. The van der Waals surface area contributed by atoms with Crippen LogP contribution in [-0.4, -0.2) is 25.0 Å². The molecule has 0 aliphatic heterocycles. The van der Waals surface area contributed by atoms with Crippen molar-refractivity contribution in [2.24, 2.45) is 0 Å². The molecular formula is C14H15N3O. The number of anilines is 2. The number of hydrogen-bond donors (Lipinski definition) is 1. The molecule has 1 N–H and O–H groups in total. The van der Waals surface area contributed by atoms with E-state index in [-0.39, 0.29) is 5.91 Å². The van der Waals surface area contributed by atoms with Crippen molar-refractivity contribution in [3.63, 3.8) is 0 Å². The van der Waals surface area contributed by atoms with Crippen molar-refractivity contribution in [1.82, 2.24) is 4.98 Å². The van der Waals surface area contributed by atoms with Gasteiger partial charge in [-0.15, -0.1) is 0 Å². The zero-order valence-electron chi connectivity index (χ0n) is 10.4. The SMILES string of the molecule is CNc1ccncc1C(=O)N(C)c1ccccc1. The molecule has 0 aliphatic rings. The Balaban J connectivity index is 2.32. The molecule has 0 spiro atoms. The fourth-order valence-electron chi connectivity index (χ4n) is 1.73. The molecule has 0 aliphatic carbocycles. The van der Waals surface area contributed by atoms with E-state index >= 15 is 0 Å². The number of para-hydroxylation sites is 1. The van der Waals surface area contributed by atoms with Crippen molar-refractivity contribution in [2.45, 2.75) is 0 Å². The fraction of sp³-hybridized carbons (Fsp3) is 0.143. The predicted molar refractivity (Wildman–Crippen MR) is 73.0 cm³/mol. The van der Waals surface area contributed by atoms with Gasteiger partial charge < -0.3 is 10.2 Å². The maximum absolute atomic E-state index is 12.4. The lowest BCUT2D eigenvalue weighted by Crippen LogP contribution is -2.27.